The highest BCUT2D eigenvalue weighted by Gasteiger charge is 2.25. The first kappa shape index (κ1) is 18.9. The Balaban J connectivity index is 2.15. The third kappa shape index (κ3) is 3.52. The number of carbonyl (C=O) groups is 2. The quantitative estimate of drug-likeness (QED) is 0.610. The Bertz CT molecular complexity index is 973. The first-order valence-corrected chi connectivity index (χ1v) is 9.58. The van der Waals surface area contributed by atoms with Crippen LogP contribution in [0.5, 0.6) is 0 Å². The summed E-state index contributed by atoms with van der Waals surface area (Å²) in [5.41, 5.74) is 2.23. The number of hydrogen-bond acceptors (Lipinski definition) is 6. The fourth-order valence-electron chi connectivity index (χ4n) is 2.83. The second-order valence-electron chi connectivity index (χ2n) is 6.01. The summed E-state index contributed by atoms with van der Waals surface area (Å²) < 4.78 is 1.52. The molecule has 1 amide bonds. The topological polar surface area (TPSA) is 81.0 Å². The van der Waals surface area contributed by atoms with Crippen LogP contribution in [0, 0.1) is 6.92 Å². The lowest BCUT2D eigenvalue weighted by Gasteiger charge is -2.17. The molecule has 7 nitrogen and oxygen atoms in total. The SMILES string of the molecule is CCN(CC)C(=O)c1nc(-n2nnc(C(C)=O)c2C)sc1-c1ccccc1. The smallest absolute Gasteiger partial charge is 0.274 e. The Labute approximate surface area is 161 Å². The Morgan fingerprint density at radius 3 is 2.33 bits per heavy atom. The van der Waals surface area contributed by atoms with E-state index in [9.17, 15) is 9.59 Å². The van der Waals surface area contributed by atoms with Gasteiger partial charge in [-0.05, 0) is 26.3 Å². The van der Waals surface area contributed by atoms with Crippen molar-refractivity contribution >= 4 is 23.0 Å². The number of nitrogens with zero attached hydrogens (tertiary/aromatic N) is 5. The van der Waals surface area contributed by atoms with Crippen LogP contribution >= 0.6 is 11.3 Å². The Kier molecular flexibility index (Phi) is 5.46. The third-order valence-corrected chi connectivity index (χ3v) is 5.39. The van der Waals surface area contributed by atoms with Gasteiger partial charge < -0.3 is 4.90 Å². The molecule has 0 radical (unpaired) electrons. The van der Waals surface area contributed by atoms with E-state index in [1.54, 1.807) is 11.8 Å². The molecule has 0 spiro atoms. The van der Waals surface area contributed by atoms with Gasteiger partial charge in [0.1, 0.15) is 5.69 Å². The van der Waals surface area contributed by atoms with Gasteiger partial charge in [-0.2, -0.15) is 4.68 Å². The van der Waals surface area contributed by atoms with Gasteiger partial charge in [-0.25, -0.2) is 4.98 Å². The van der Waals surface area contributed by atoms with Gasteiger partial charge in [0, 0.05) is 20.0 Å². The molecular weight excluding hydrogens is 362 g/mol. The molecule has 27 heavy (non-hydrogen) atoms. The van der Waals surface area contributed by atoms with Crippen LogP contribution in [-0.4, -0.2) is 49.7 Å². The molecular formula is C19H21N5O2S. The Morgan fingerprint density at radius 1 is 1.11 bits per heavy atom. The van der Waals surface area contributed by atoms with Crippen LogP contribution < -0.4 is 0 Å². The van der Waals surface area contributed by atoms with E-state index in [0.29, 0.717) is 35.3 Å². The molecule has 1 aromatic carbocycles. The molecule has 8 heteroatoms. The highest BCUT2D eigenvalue weighted by Crippen LogP contribution is 2.33. The zero-order valence-corrected chi connectivity index (χ0v) is 16.6. The Morgan fingerprint density at radius 2 is 1.78 bits per heavy atom. The number of rotatable bonds is 6. The standard InChI is InChI=1S/C19H21N5O2S/c1-5-23(6-2)18(26)16-17(14-10-8-7-9-11-14)27-19(20-16)24-12(3)15(13(4)25)21-22-24/h7-11H,5-6H2,1-4H3. The van der Waals surface area contributed by atoms with Crippen LogP contribution in [0.4, 0.5) is 0 Å². The molecule has 2 aromatic heterocycles. The minimum absolute atomic E-state index is 0.120. The van der Waals surface area contributed by atoms with E-state index < -0.39 is 0 Å². The van der Waals surface area contributed by atoms with E-state index >= 15 is 0 Å². The van der Waals surface area contributed by atoms with Crippen LogP contribution in [0.15, 0.2) is 30.3 Å². The zero-order chi connectivity index (χ0) is 19.6. The predicted octanol–water partition coefficient (Wildman–Crippen LogP) is 3.38. The average molecular weight is 383 g/mol. The van der Waals surface area contributed by atoms with Crippen molar-refractivity contribution < 1.29 is 9.59 Å². The maximum absolute atomic E-state index is 13.0. The molecule has 0 saturated heterocycles. The van der Waals surface area contributed by atoms with Crippen LogP contribution in [0.25, 0.3) is 15.6 Å². The number of hydrogen-bond donors (Lipinski definition) is 0. The molecule has 0 N–H and O–H groups in total. The second kappa shape index (κ2) is 7.79. The molecule has 0 atom stereocenters. The van der Waals surface area contributed by atoms with E-state index in [0.717, 1.165) is 10.4 Å². The number of carbonyl (C=O) groups excluding carboxylic acids is 2. The average Bonchev–Trinajstić information content (AvgIpc) is 3.27. The summed E-state index contributed by atoms with van der Waals surface area (Å²) in [4.78, 5) is 31.8. The van der Waals surface area contributed by atoms with Crippen LogP contribution in [0.2, 0.25) is 0 Å². The van der Waals surface area contributed by atoms with Gasteiger partial charge in [0.05, 0.1) is 10.6 Å². The summed E-state index contributed by atoms with van der Waals surface area (Å²) in [5, 5.41) is 8.53. The van der Waals surface area contributed by atoms with Gasteiger partial charge in [-0.15, -0.1) is 5.10 Å². The molecule has 0 aliphatic heterocycles. The number of aromatic nitrogens is 4. The van der Waals surface area contributed by atoms with Crippen molar-refractivity contribution in [2.75, 3.05) is 13.1 Å². The van der Waals surface area contributed by atoms with Crippen molar-refractivity contribution in [2.24, 2.45) is 0 Å². The van der Waals surface area contributed by atoms with E-state index in [4.69, 9.17) is 0 Å². The van der Waals surface area contributed by atoms with E-state index in [1.165, 1.54) is 22.9 Å². The summed E-state index contributed by atoms with van der Waals surface area (Å²) in [6, 6.07) is 9.68. The van der Waals surface area contributed by atoms with E-state index in [2.05, 4.69) is 15.3 Å². The molecule has 3 aromatic rings. The monoisotopic (exact) mass is 383 g/mol. The van der Waals surface area contributed by atoms with E-state index in [1.807, 2.05) is 44.2 Å². The summed E-state index contributed by atoms with van der Waals surface area (Å²) >= 11 is 1.36. The van der Waals surface area contributed by atoms with Gasteiger partial charge in [0.2, 0.25) is 5.13 Å². The maximum Gasteiger partial charge on any atom is 0.274 e. The lowest BCUT2D eigenvalue weighted by atomic mass is 10.1. The lowest BCUT2D eigenvalue weighted by Crippen LogP contribution is -2.31. The fourth-order valence-corrected chi connectivity index (χ4v) is 3.89. The predicted molar refractivity (Wildman–Crippen MR) is 104 cm³/mol. The van der Waals surface area contributed by atoms with Crippen molar-refractivity contribution in [3.8, 4) is 15.6 Å². The van der Waals surface area contributed by atoms with Gasteiger partial charge in [0.25, 0.3) is 5.91 Å². The highest BCUT2D eigenvalue weighted by atomic mass is 32.1. The number of Topliss-reactive ketones (excluding diaryl/α,β-unsaturated/α-hetero) is 1. The first-order valence-electron chi connectivity index (χ1n) is 8.77. The van der Waals surface area contributed by atoms with Crippen molar-refractivity contribution in [3.05, 3.63) is 47.4 Å². The normalized spacial score (nSPS) is 10.8. The molecule has 0 bridgehead atoms. The lowest BCUT2D eigenvalue weighted by molar-refractivity contribution is 0.0768. The van der Waals surface area contributed by atoms with Crippen LogP contribution in [0.3, 0.4) is 0 Å². The van der Waals surface area contributed by atoms with Gasteiger partial charge >= 0.3 is 0 Å². The summed E-state index contributed by atoms with van der Waals surface area (Å²) in [6.07, 6.45) is 0. The van der Waals surface area contributed by atoms with Crippen molar-refractivity contribution in [1.82, 2.24) is 24.9 Å². The molecule has 0 fully saturated rings. The fraction of sp³-hybridized carbons (Fsp3) is 0.316. The van der Waals surface area contributed by atoms with Crippen molar-refractivity contribution in [2.45, 2.75) is 27.7 Å². The minimum atomic E-state index is -0.155. The molecule has 3 rings (SSSR count). The molecule has 0 unspecified atom stereocenters. The molecule has 0 aliphatic rings. The van der Waals surface area contributed by atoms with Crippen molar-refractivity contribution in [3.63, 3.8) is 0 Å². The summed E-state index contributed by atoms with van der Waals surface area (Å²) in [5.74, 6) is -0.274. The molecule has 0 saturated carbocycles. The Hall–Kier alpha value is -2.87. The number of amides is 1. The van der Waals surface area contributed by atoms with Gasteiger partial charge in [0.15, 0.2) is 11.5 Å². The first-order chi connectivity index (χ1) is 13.0. The van der Waals surface area contributed by atoms with Gasteiger partial charge in [-0.3, -0.25) is 9.59 Å². The molecule has 2 heterocycles. The summed E-state index contributed by atoms with van der Waals surface area (Å²) in [6.45, 7) is 8.32. The molecule has 140 valence electrons. The largest absolute Gasteiger partial charge is 0.338 e. The number of benzene rings is 1. The molecule has 0 aliphatic carbocycles. The summed E-state index contributed by atoms with van der Waals surface area (Å²) in [7, 11) is 0. The van der Waals surface area contributed by atoms with E-state index in [-0.39, 0.29) is 11.7 Å². The second-order valence-corrected chi connectivity index (χ2v) is 6.99. The zero-order valence-electron chi connectivity index (χ0n) is 15.8. The van der Waals surface area contributed by atoms with Crippen LogP contribution in [0.1, 0.15) is 47.4 Å². The number of thiazole rings is 1. The van der Waals surface area contributed by atoms with Gasteiger partial charge in [-0.1, -0.05) is 46.9 Å². The van der Waals surface area contributed by atoms with Crippen LogP contribution in [-0.2, 0) is 0 Å². The number of ketones is 1. The van der Waals surface area contributed by atoms with Crippen molar-refractivity contribution in [1.29, 1.82) is 0 Å². The maximum atomic E-state index is 13.0. The minimum Gasteiger partial charge on any atom is -0.338 e. The third-order valence-electron chi connectivity index (χ3n) is 4.31. The highest BCUT2D eigenvalue weighted by molar-refractivity contribution is 7.17.